The highest BCUT2D eigenvalue weighted by Crippen LogP contribution is 2.43. The number of nitrogens with zero attached hydrogens (tertiary/aromatic N) is 2. The smallest absolute Gasteiger partial charge is 0.270 e. The molecule has 0 radical (unpaired) electrons. The van der Waals surface area contributed by atoms with E-state index in [4.69, 9.17) is 14.2 Å². The number of carbonyl (C=O) groups is 3. The van der Waals surface area contributed by atoms with Crippen molar-refractivity contribution in [2.75, 3.05) is 56.4 Å². The van der Waals surface area contributed by atoms with Crippen LogP contribution in [0.2, 0.25) is 0 Å². The summed E-state index contributed by atoms with van der Waals surface area (Å²) in [5.74, 6) is -0.130. The highest BCUT2D eigenvalue weighted by molar-refractivity contribution is 6.04. The number of carbonyl (C=O) groups excluding carboxylic acids is 3. The van der Waals surface area contributed by atoms with Crippen LogP contribution in [0.25, 0.3) is 0 Å². The maximum atomic E-state index is 13.9. The first-order chi connectivity index (χ1) is 18.7. The van der Waals surface area contributed by atoms with Gasteiger partial charge in [0.1, 0.15) is 5.75 Å². The van der Waals surface area contributed by atoms with Crippen LogP contribution in [0.1, 0.15) is 53.4 Å². The van der Waals surface area contributed by atoms with Gasteiger partial charge in [-0.3, -0.25) is 14.4 Å². The normalized spacial score (nSPS) is 23.0. The molecule has 3 amide bonds. The Balaban J connectivity index is 1.52. The molecule has 3 unspecified atom stereocenters. The van der Waals surface area contributed by atoms with Gasteiger partial charge in [-0.05, 0) is 71.6 Å². The minimum absolute atomic E-state index is 0.0131. The Morgan fingerprint density at radius 3 is 2.69 bits per heavy atom. The molecule has 10 heteroatoms. The lowest BCUT2D eigenvalue weighted by Gasteiger charge is -2.39. The molecule has 2 heterocycles. The first-order valence-corrected chi connectivity index (χ1v) is 14.2. The van der Waals surface area contributed by atoms with Crippen molar-refractivity contribution in [1.29, 1.82) is 0 Å². The van der Waals surface area contributed by atoms with Gasteiger partial charge in [0, 0.05) is 57.7 Å². The third-order valence-corrected chi connectivity index (χ3v) is 7.55. The zero-order valence-electron chi connectivity index (χ0n) is 24.0. The Hall–Kier alpha value is -2.69. The molecule has 1 aromatic carbocycles. The summed E-state index contributed by atoms with van der Waals surface area (Å²) in [6.07, 6.45) is 3.05. The summed E-state index contributed by atoms with van der Waals surface area (Å²) >= 11 is 0. The molecule has 39 heavy (non-hydrogen) atoms. The summed E-state index contributed by atoms with van der Waals surface area (Å²) in [4.78, 5) is 43.8. The molecule has 0 bridgehead atoms. The van der Waals surface area contributed by atoms with Crippen LogP contribution in [0.15, 0.2) is 18.2 Å². The van der Waals surface area contributed by atoms with Crippen LogP contribution >= 0.6 is 0 Å². The molecular weight excluding hydrogens is 500 g/mol. The van der Waals surface area contributed by atoms with Crippen LogP contribution in [0, 0.1) is 11.8 Å². The average Bonchev–Trinajstić information content (AvgIpc) is 3.75. The van der Waals surface area contributed by atoms with Crippen LogP contribution in [0.3, 0.4) is 0 Å². The van der Waals surface area contributed by atoms with E-state index < -0.39 is 5.60 Å². The second kappa shape index (κ2) is 12.7. The Labute approximate surface area is 231 Å². The van der Waals surface area contributed by atoms with Gasteiger partial charge >= 0.3 is 0 Å². The highest BCUT2D eigenvalue weighted by atomic mass is 16.5. The molecule has 216 valence electrons. The van der Waals surface area contributed by atoms with E-state index in [2.05, 4.69) is 10.6 Å². The molecule has 2 fully saturated rings. The van der Waals surface area contributed by atoms with E-state index in [-0.39, 0.29) is 41.6 Å². The number of ether oxygens (including phenoxy) is 3. The molecule has 1 aliphatic carbocycles. The van der Waals surface area contributed by atoms with E-state index in [9.17, 15) is 14.4 Å². The molecule has 1 saturated heterocycles. The first-order valence-electron chi connectivity index (χ1n) is 14.2. The zero-order valence-corrected chi connectivity index (χ0v) is 24.0. The van der Waals surface area contributed by atoms with Gasteiger partial charge in [0.05, 0.1) is 24.1 Å². The van der Waals surface area contributed by atoms with E-state index in [1.165, 1.54) is 0 Å². The monoisotopic (exact) mass is 544 g/mol. The average molecular weight is 545 g/mol. The van der Waals surface area contributed by atoms with Gasteiger partial charge in [-0.15, -0.1) is 0 Å². The molecule has 0 spiro atoms. The third-order valence-electron chi connectivity index (χ3n) is 7.55. The van der Waals surface area contributed by atoms with Gasteiger partial charge < -0.3 is 34.6 Å². The number of piperidine rings is 1. The molecule has 4 rings (SSSR count). The van der Waals surface area contributed by atoms with E-state index >= 15 is 0 Å². The van der Waals surface area contributed by atoms with Crippen LogP contribution in [-0.2, 0) is 23.9 Å². The number of anilines is 2. The van der Waals surface area contributed by atoms with Crippen molar-refractivity contribution in [3.05, 3.63) is 18.2 Å². The summed E-state index contributed by atoms with van der Waals surface area (Å²) in [5.41, 5.74) is 0.455. The number of amides is 3. The number of benzene rings is 1. The molecular formula is C29H44N4O6. The van der Waals surface area contributed by atoms with Gasteiger partial charge in [-0.1, -0.05) is 0 Å². The van der Waals surface area contributed by atoms with Crippen molar-refractivity contribution in [3.63, 3.8) is 0 Å². The summed E-state index contributed by atoms with van der Waals surface area (Å²) < 4.78 is 16.7. The van der Waals surface area contributed by atoms with Crippen molar-refractivity contribution in [2.45, 2.75) is 71.1 Å². The summed E-state index contributed by atoms with van der Waals surface area (Å²) in [7, 11) is 1.64. The lowest BCUT2D eigenvalue weighted by atomic mass is 9.88. The zero-order chi connectivity index (χ0) is 28.2. The molecule has 1 aromatic rings. The van der Waals surface area contributed by atoms with Crippen LogP contribution in [0.4, 0.5) is 11.4 Å². The minimum atomic E-state index is -0.975. The SMILES string of the molecule is CCOCC(C)NC(=O)C1CNCC(C(=O)N(c2ccc3c(c2)N(CCCOC)C(=O)C(C)(C)O3)C2CC2)C1. The van der Waals surface area contributed by atoms with Crippen LogP contribution in [-0.4, -0.2) is 82.0 Å². The standard InChI is InChI=1S/C29H44N4O6/c1-6-38-18-19(2)31-26(34)20-14-21(17-30-16-20)27(35)33(22-8-9-22)23-10-11-25-24(15-23)32(12-7-13-37-5)28(36)29(3,4)39-25/h10-11,15,19-22,30H,6-9,12-14,16-18H2,1-5H3,(H,31,34). The predicted octanol–water partition coefficient (Wildman–Crippen LogP) is 2.49. The summed E-state index contributed by atoms with van der Waals surface area (Å²) in [6.45, 7) is 10.6. The van der Waals surface area contributed by atoms with Gasteiger partial charge in [-0.2, -0.15) is 0 Å². The Bertz CT molecular complexity index is 1040. The van der Waals surface area contributed by atoms with Crippen molar-refractivity contribution in [3.8, 4) is 5.75 Å². The fourth-order valence-electron chi connectivity index (χ4n) is 5.37. The Morgan fingerprint density at radius 1 is 1.26 bits per heavy atom. The number of hydrogen-bond donors (Lipinski definition) is 2. The van der Waals surface area contributed by atoms with Gasteiger partial charge in [-0.25, -0.2) is 0 Å². The lowest BCUT2D eigenvalue weighted by molar-refractivity contribution is -0.132. The minimum Gasteiger partial charge on any atom is -0.476 e. The fraction of sp³-hybridized carbons (Fsp3) is 0.690. The fourth-order valence-corrected chi connectivity index (χ4v) is 5.37. The van der Waals surface area contributed by atoms with Gasteiger partial charge in [0.25, 0.3) is 5.91 Å². The maximum Gasteiger partial charge on any atom is 0.270 e. The Morgan fingerprint density at radius 2 is 2.00 bits per heavy atom. The quantitative estimate of drug-likeness (QED) is 0.389. The second-order valence-corrected chi connectivity index (χ2v) is 11.4. The largest absolute Gasteiger partial charge is 0.476 e. The van der Waals surface area contributed by atoms with Crippen LogP contribution in [0.5, 0.6) is 5.75 Å². The maximum absolute atomic E-state index is 13.9. The van der Waals surface area contributed by atoms with E-state index in [0.29, 0.717) is 63.7 Å². The van der Waals surface area contributed by atoms with E-state index in [1.807, 2.05) is 36.9 Å². The number of nitrogens with one attached hydrogen (secondary N) is 2. The van der Waals surface area contributed by atoms with E-state index in [1.54, 1.807) is 25.9 Å². The van der Waals surface area contributed by atoms with Crippen molar-refractivity contribution in [2.24, 2.45) is 11.8 Å². The Kier molecular flexibility index (Phi) is 9.51. The molecule has 3 aliphatic rings. The molecule has 3 atom stereocenters. The topological polar surface area (TPSA) is 109 Å². The van der Waals surface area contributed by atoms with Gasteiger partial charge in [0.15, 0.2) is 5.60 Å². The number of hydrogen-bond acceptors (Lipinski definition) is 7. The van der Waals surface area contributed by atoms with Gasteiger partial charge in [0.2, 0.25) is 11.8 Å². The van der Waals surface area contributed by atoms with Crippen molar-refractivity contribution in [1.82, 2.24) is 10.6 Å². The third kappa shape index (κ3) is 6.91. The molecule has 0 aromatic heterocycles. The molecule has 2 aliphatic heterocycles. The highest BCUT2D eigenvalue weighted by Gasteiger charge is 2.43. The number of fused-ring (bicyclic) bond motifs is 1. The number of methoxy groups -OCH3 is 1. The van der Waals surface area contributed by atoms with E-state index in [0.717, 1.165) is 18.5 Å². The summed E-state index contributed by atoms with van der Waals surface area (Å²) in [6, 6.07) is 5.70. The molecule has 2 N–H and O–H groups in total. The van der Waals surface area contributed by atoms with Crippen molar-refractivity contribution < 1.29 is 28.6 Å². The lowest BCUT2D eigenvalue weighted by Crippen LogP contribution is -2.53. The second-order valence-electron chi connectivity index (χ2n) is 11.4. The molecule has 1 saturated carbocycles. The summed E-state index contributed by atoms with van der Waals surface area (Å²) in [5, 5.41) is 6.33. The van der Waals surface area contributed by atoms with Crippen LogP contribution < -0.4 is 25.2 Å². The predicted molar refractivity (Wildman–Crippen MR) is 149 cm³/mol. The van der Waals surface area contributed by atoms with Crippen molar-refractivity contribution >= 4 is 29.1 Å². The first kappa shape index (κ1) is 29.3. The molecule has 10 nitrogen and oxygen atoms in total. The number of rotatable bonds is 12.